The van der Waals surface area contributed by atoms with Crippen molar-refractivity contribution in [1.29, 1.82) is 0 Å². The van der Waals surface area contributed by atoms with Crippen LogP contribution in [0.4, 0.5) is 5.69 Å². The molecule has 0 saturated carbocycles. The Labute approximate surface area is 159 Å². The Morgan fingerprint density at radius 3 is 2.35 bits per heavy atom. The zero-order chi connectivity index (χ0) is 18.8. The Kier molecular flexibility index (Phi) is 5.11. The van der Waals surface area contributed by atoms with E-state index in [0.717, 1.165) is 0 Å². The molecule has 3 aromatic rings. The first-order valence-electron chi connectivity index (χ1n) is 7.72. The molecule has 0 aliphatic heterocycles. The highest BCUT2D eigenvalue weighted by molar-refractivity contribution is 6.39. The molecule has 0 aliphatic rings. The number of aryl methyl sites for hydroxylation is 1. The summed E-state index contributed by atoms with van der Waals surface area (Å²) in [4.78, 5) is 24.6. The molecule has 0 spiro atoms. The van der Waals surface area contributed by atoms with Crippen LogP contribution in [0.5, 0.6) is 0 Å². The number of halogens is 2. The van der Waals surface area contributed by atoms with Gasteiger partial charge in [-0.05, 0) is 38.1 Å². The van der Waals surface area contributed by atoms with Crippen molar-refractivity contribution in [3.8, 4) is 11.3 Å². The van der Waals surface area contributed by atoms with E-state index in [-0.39, 0.29) is 17.0 Å². The number of carbonyl (C=O) groups excluding carboxylic acids is 2. The van der Waals surface area contributed by atoms with Crippen molar-refractivity contribution in [3.05, 3.63) is 69.4 Å². The van der Waals surface area contributed by atoms with Crippen LogP contribution in [0.2, 0.25) is 10.0 Å². The number of anilines is 1. The third-order valence-electron chi connectivity index (χ3n) is 3.84. The molecule has 3 rings (SSSR count). The zero-order valence-corrected chi connectivity index (χ0v) is 15.5. The number of para-hydroxylation sites is 1. The fourth-order valence-electron chi connectivity index (χ4n) is 2.62. The SMILES string of the molecule is CC(=O)c1ccccc1NC(=O)c1c(-c2c(Cl)cccc2Cl)noc1C. The molecular formula is C19H14Cl2N2O3. The molecule has 0 radical (unpaired) electrons. The quantitative estimate of drug-likeness (QED) is 0.606. The molecule has 5 nitrogen and oxygen atoms in total. The van der Waals surface area contributed by atoms with Crippen LogP contribution in [-0.4, -0.2) is 16.8 Å². The van der Waals surface area contributed by atoms with Crippen molar-refractivity contribution in [1.82, 2.24) is 5.16 Å². The first kappa shape index (κ1) is 18.2. The third kappa shape index (κ3) is 3.36. The maximum Gasteiger partial charge on any atom is 0.261 e. The zero-order valence-electron chi connectivity index (χ0n) is 14.0. The van der Waals surface area contributed by atoms with Crippen molar-refractivity contribution in [2.75, 3.05) is 5.32 Å². The summed E-state index contributed by atoms with van der Waals surface area (Å²) >= 11 is 12.5. The summed E-state index contributed by atoms with van der Waals surface area (Å²) in [7, 11) is 0. The second-order valence-corrected chi connectivity index (χ2v) is 6.43. The van der Waals surface area contributed by atoms with E-state index < -0.39 is 5.91 Å². The summed E-state index contributed by atoms with van der Waals surface area (Å²) in [6, 6.07) is 11.8. The summed E-state index contributed by atoms with van der Waals surface area (Å²) in [5.41, 5.74) is 1.68. The monoisotopic (exact) mass is 388 g/mol. The minimum absolute atomic E-state index is 0.155. The molecule has 1 heterocycles. The highest BCUT2D eigenvalue weighted by Crippen LogP contribution is 2.37. The average molecular weight is 389 g/mol. The Morgan fingerprint density at radius 1 is 1.04 bits per heavy atom. The van der Waals surface area contributed by atoms with Gasteiger partial charge in [0.25, 0.3) is 5.91 Å². The molecule has 0 aliphatic carbocycles. The van der Waals surface area contributed by atoms with E-state index >= 15 is 0 Å². The second-order valence-electron chi connectivity index (χ2n) is 5.61. The predicted molar refractivity (Wildman–Crippen MR) is 101 cm³/mol. The van der Waals surface area contributed by atoms with Gasteiger partial charge in [-0.15, -0.1) is 0 Å². The van der Waals surface area contributed by atoms with Gasteiger partial charge in [-0.1, -0.05) is 46.6 Å². The van der Waals surface area contributed by atoms with E-state index in [4.69, 9.17) is 27.7 Å². The molecule has 0 unspecified atom stereocenters. The van der Waals surface area contributed by atoms with E-state index in [1.54, 1.807) is 49.4 Å². The maximum absolute atomic E-state index is 12.9. The van der Waals surface area contributed by atoms with Gasteiger partial charge in [-0.25, -0.2) is 0 Å². The van der Waals surface area contributed by atoms with Crippen molar-refractivity contribution < 1.29 is 14.1 Å². The lowest BCUT2D eigenvalue weighted by molar-refractivity contribution is 0.101. The van der Waals surface area contributed by atoms with Crippen molar-refractivity contribution in [2.24, 2.45) is 0 Å². The highest BCUT2D eigenvalue weighted by atomic mass is 35.5. The molecular weight excluding hydrogens is 375 g/mol. The second kappa shape index (κ2) is 7.32. The lowest BCUT2D eigenvalue weighted by Crippen LogP contribution is -2.15. The summed E-state index contributed by atoms with van der Waals surface area (Å²) in [6.07, 6.45) is 0. The lowest BCUT2D eigenvalue weighted by atomic mass is 10.0. The molecule has 0 atom stereocenters. The van der Waals surface area contributed by atoms with E-state index in [0.29, 0.717) is 32.6 Å². The number of benzene rings is 2. The number of amides is 1. The number of carbonyl (C=O) groups is 2. The Balaban J connectivity index is 2.05. The van der Waals surface area contributed by atoms with Crippen LogP contribution in [0, 0.1) is 6.92 Å². The molecule has 0 saturated heterocycles. The topological polar surface area (TPSA) is 72.2 Å². The number of aromatic nitrogens is 1. The molecule has 1 N–H and O–H groups in total. The molecule has 132 valence electrons. The molecule has 0 fully saturated rings. The minimum Gasteiger partial charge on any atom is -0.360 e. The number of hydrogen-bond acceptors (Lipinski definition) is 4. The van der Waals surface area contributed by atoms with E-state index in [1.807, 2.05) is 0 Å². The number of nitrogens with one attached hydrogen (secondary N) is 1. The molecule has 7 heteroatoms. The Hall–Kier alpha value is -2.63. The smallest absolute Gasteiger partial charge is 0.261 e. The molecule has 1 aromatic heterocycles. The van der Waals surface area contributed by atoms with Crippen LogP contribution < -0.4 is 5.32 Å². The van der Waals surface area contributed by atoms with Crippen molar-refractivity contribution in [3.63, 3.8) is 0 Å². The van der Waals surface area contributed by atoms with E-state index in [9.17, 15) is 9.59 Å². The predicted octanol–water partition coefficient (Wildman–Crippen LogP) is 5.41. The summed E-state index contributed by atoms with van der Waals surface area (Å²) in [5.74, 6) is -0.311. The third-order valence-corrected chi connectivity index (χ3v) is 4.47. The van der Waals surface area contributed by atoms with Gasteiger partial charge in [0.2, 0.25) is 0 Å². The van der Waals surface area contributed by atoms with Gasteiger partial charge < -0.3 is 9.84 Å². The van der Waals surface area contributed by atoms with Gasteiger partial charge >= 0.3 is 0 Å². The fraction of sp³-hybridized carbons (Fsp3) is 0.105. The van der Waals surface area contributed by atoms with Crippen LogP contribution in [0.3, 0.4) is 0 Å². The number of Topliss-reactive ketones (excluding diaryl/α,β-unsaturated/α-hetero) is 1. The fourth-order valence-corrected chi connectivity index (χ4v) is 3.19. The average Bonchev–Trinajstić information content (AvgIpc) is 2.96. The molecule has 2 aromatic carbocycles. The van der Waals surface area contributed by atoms with Crippen LogP contribution >= 0.6 is 23.2 Å². The number of ketones is 1. The van der Waals surface area contributed by atoms with Gasteiger partial charge in [0.05, 0.1) is 15.7 Å². The minimum atomic E-state index is -0.469. The summed E-state index contributed by atoms with van der Waals surface area (Å²) < 4.78 is 5.20. The van der Waals surface area contributed by atoms with Gasteiger partial charge in [0, 0.05) is 11.1 Å². The van der Waals surface area contributed by atoms with Crippen LogP contribution in [0.25, 0.3) is 11.3 Å². The maximum atomic E-state index is 12.9. The van der Waals surface area contributed by atoms with Gasteiger partial charge in [-0.3, -0.25) is 9.59 Å². The van der Waals surface area contributed by atoms with E-state index in [2.05, 4.69) is 10.5 Å². The summed E-state index contributed by atoms with van der Waals surface area (Å²) in [6.45, 7) is 3.05. The van der Waals surface area contributed by atoms with Crippen molar-refractivity contribution in [2.45, 2.75) is 13.8 Å². The van der Waals surface area contributed by atoms with Crippen LogP contribution in [0.15, 0.2) is 47.0 Å². The van der Waals surface area contributed by atoms with Gasteiger partial charge in [-0.2, -0.15) is 0 Å². The van der Waals surface area contributed by atoms with Crippen molar-refractivity contribution >= 4 is 40.6 Å². The first-order chi connectivity index (χ1) is 12.4. The molecule has 0 bridgehead atoms. The molecule has 26 heavy (non-hydrogen) atoms. The van der Waals surface area contributed by atoms with Crippen LogP contribution in [0.1, 0.15) is 33.4 Å². The van der Waals surface area contributed by atoms with Gasteiger partial charge in [0.1, 0.15) is 17.0 Å². The summed E-state index contributed by atoms with van der Waals surface area (Å²) in [5, 5.41) is 7.40. The van der Waals surface area contributed by atoms with Crippen LogP contribution in [-0.2, 0) is 0 Å². The largest absolute Gasteiger partial charge is 0.360 e. The highest BCUT2D eigenvalue weighted by Gasteiger charge is 2.25. The molecule has 1 amide bonds. The normalized spacial score (nSPS) is 10.6. The van der Waals surface area contributed by atoms with E-state index in [1.165, 1.54) is 6.92 Å². The number of rotatable bonds is 4. The lowest BCUT2D eigenvalue weighted by Gasteiger charge is -2.10. The Bertz CT molecular complexity index is 992. The first-order valence-corrected chi connectivity index (χ1v) is 8.47. The standard InChI is InChI=1S/C19H14Cl2N2O3/c1-10(24)12-6-3-4-9-15(12)22-19(25)16-11(2)26-23-18(16)17-13(20)7-5-8-14(17)21/h3-9H,1-2H3,(H,22,25). The Morgan fingerprint density at radius 2 is 1.69 bits per heavy atom. The number of hydrogen-bond donors (Lipinski definition) is 1. The van der Waals surface area contributed by atoms with Gasteiger partial charge in [0.15, 0.2) is 5.78 Å². The number of nitrogens with zero attached hydrogens (tertiary/aromatic N) is 1.